The SMILES string of the molecule is COc1cc(-c2ccc(C(=O)N3CCC[C@@H]3c3ccccc3F)cc2F)c(OC)nn1. The van der Waals surface area contributed by atoms with Gasteiger partial charge in [-0.2, -0.15) is 0 Å². The number of ether oxygens (including phenoxy) is 2. The standard InChI is InChI=1S/C23H21F2N3O3/c1-30-21-13-17(22(31-2)27-26-21)15-10-9-14(12-19(15)25)23(29)28-11-5-8-20(28)16-6-3-4-7-18(16)24/h3-4,6-7,9-10,12-13,20H,5,8,11H2,1-2H3/t20-/m1/s1. The average Bonchev–Trinajstić information content (AvgIpc) is 3.28. The van der Waals surface area contributed by atoms with Crippen molar-refractivity contribution in [1.82, 2.24) is 15.1 Å². The Morgan fingerprint density at radius 1 is 1.00 bits per heavy atom. The minimum Gasteiger partial charge on any atom is -0.480 e. The lowest BCUT2D eigenvalue weighted by molar-refractivity contribution is 0.0733. The lowest BCUT2D eigenvalue weighted by Gasteiger charge is -2.25. The zero-order chi connectivity index (χ0) is 22.0. The van der Waals surface area contributed by atoms with E-state index in [-0.39, 0.29) is 40.7 Å². The maximum Gasteiger partial charge on any atom is 0.254 e. The highest BCUT2D eigenvalue weighted by molar-refractivity contribution is 5.95. The molecular weight excluding hydrogens is 404 g/mol. The third kappa shape index (κ3) is 3.93. The number of halogens is 2. The average molecular weight is 425 g/mol. The Labute approximate surface area is 178 Å². The lowest BCUT2D eigenvalue weighted by Crippen LogP contribution is -2.31. The first kappa shape index (κ1) is 20.7. The maximum atomic E-state index is 15.0. The fraction of sp³-hybridized carbons (Fsp3) is 0.261. The van der Waals surface area contributed by atoms with Gasteiger partial charge >= 0.3 is 0 Å². The number of methoxy groups -OCH3 is 2. The van der Waals surface area contributed by atoms with Crippen molar-refractivity contribution in [1.29, 1.82) is 0 Å². The number of hydrogen-bond acceptors (Lipinski definition) is 5. The van der Waals surface area contributed by atoms with E-state index in [2.05, 4.69) is 10.2 Å². The summed E-state index contributed by atoms with van der Waals surface area (Å²) in [4.78, 5) is 14.7. The van der Waals surface area contributed by atoms with E-state index in [1.165, 1.54) is 38.5 Å². The van der Waals surface area contributed by atoms with Gasteiger partial charge in [0.15, 0.2) is 0 Å². The molecule has 3 aromatic rings. The third-order valence-corrected chi connectivity index (χ3v) is 5.42. The lowest BCUT2D eigenvalue weighted by atomic mass is 10.0. The minimum absolute atomic E-state index is 0.137. The monoisotopic (exact) mass is 425 g/mol. The molecule has 0 unspecified atom stereocenters. The van der Waals surface area contributed by atoms with E-state index in [0.29, 0.717) is 24.1 Å². The van der Waals surface area contributed by atoms with E-state index in [1.54, 1.807) is 29.2 Å². The molecule has 1 fully saturated rings. The summed E-state index contributed by atoms with van der Waals surface area (Å²) in [6.07, 6.45) is 1.41. The predicted molar refractivity (Wildman–Crippen MR) is 110 cm³/mol. The van der Waals surface area contributed by atoms with Crippen molar-refractivity contribution in [2.24, 2.45) is 0 Å². The number of amides is 1. The molecule has 1 aliphatic rings. The number of nitrogens with zero attached hydrogens (tertiary/aromatic N) is 3. The summed E-state index contributed by atoms with van der Waals surface area (Å²) in [7, 11) is 2.84. The van der Waals surface area contributed by atoms with Gasteiger partial charge in [0, 0.05) is 29.3 Å². The van der Waals surface area contributed by atoms with Crippen LogP contribution in [0.25, 0.3) is 11.1 Å². The Morgan fingerprint density at radius 2 is 1.81 bits per heavy atom. The molecular formula is C23H21F2N3O3. The van der Waals surface area contributed by atoms with Gasteiger partial charge in [-0.1, -0.05) is 24.3 Å². The van der Waals surface area contributed by atoms with Crippen LogP contribution in [0.3, 0.4) is 0 Å². The molecule has 1 aromatic heterocycles. The van der Waals surface area contributed by atoms with E-state index in [1.807, 2.05) is 0 Å². The van der Waals surface area contributed by atoms with Crippen LogP contribution in [0.15, 0.2) is 48.5 Å². The molecule has 2 aromatic carbocycles. The normalized spacial score (nSPS) is 15.7. The van der Waals surface area contributed by atoms with Crippen LogP contribution in [0, 0.1) is 11.6 Å². The van der Waals surface area contributed by atoms with E-state index in [9.17, 15) is 9.18 Å². The van der Waals surface area contributed by atoms with Gasteiger partial charge in [-0.3, -0.25) is 4.79 Å². The first-order chi connectivity index (χ1) is 15.0. The first-order valence-corrected chi connectivity index (χ1v) is 9.84. The van der Waals surface area contributed by atoms with E-state index >= 15 is 4.39 Å². The van der Waals surface area contributed by atoms with Crippen molar-refractivity contribution in [3.05, 3.63) is 71.3 Å². The van der Waals surface area contributed by atoms with Crippen LogP contribution in [0.4, 0.5) is 8.78 Å². The molecule has 0 aliphatic carbocycles. The highest BCUT2D eigenvalue weighted by Gasteiger charge is 2.32. The molecule has 0 radical (unpaired) electrons. The van der Waals surface area contributed by atoms with Crippen LogP contribution < -0.4 is 9.47 Å². The van der Waals surface area contributed by atoms with Crippen LogP contribution in [-0.2, 0) is 0 Å². The molecule has 0 saturated carbocycles. The largest absolute Gasteiger partial charge is 0.480 e. The molecule has 1 saturated heterocycles. The topological polar surface area (TPSA) is 64.5 Å². The zero-order valence-electron chi connectivity index (χ0n) is 17.1. The molecule has 6 nitrogen and oxygen atoms in total. The Morgan fingerprint density at radius 3 is 2.52 bits per heavy atom. The highest BCUT2D eigenvalue weighted by atomic mass is 19.1. The van der Waals surface area contributed by atoms with Crippen molar-refractivity contribution in [2.45, 2.75) is 18.9 Å². The van der Waals surface area contributed by atoms with Gasteiger partial charge in [-0.25, -0.2) is 8.78 Å². The van der Waals surface area contributed by atoms with Crippen molar-refractivity contribution in [3.8, 4) is 22.9 Å². The van der Waals surface area contributed by atoms with Gasteiger partial charge < -0.3 is 14.4 Å². The fourth-order valence-corrected chi connectivity index (χ4v) is 3.92. The second-order valence-corrected chi connectivity index (χ2v) is 7.18. The van der Waals surface area contributed by atoms with Gasteiger partial charge in [0.25, 0.3) is 5.91 Å². The Bertz CT molecular complexity index is 1120. The second kappa shape index (κ2) is 8.67. The number of benzene rings is 2. The molecule has 0 bridgehead atoms. The van der Waals surface area contributed by atoms with Crippen LogP contribution in [0.5, 0.6) is 11.8 Å². The molecule has 31 heavy (non-hydrogen) atoms. The summed E-state index contributed by atoms with van der Waals surface area (Å²) in [5.41, 5.74) is 1.23. The molecule has 8 heteroatoms. The summed E-state index contributed by atoms with van der Waals surface area (Å²) in [5.74, 6) is -0.951. The molecule has 4 rings (SSSR count). The summed E-state index contributed by atoms with van der Waals surface area (Å²) in [6.45, 7) is 0.487. The van der Waals surface area contributed by atoms with Crippen LogP contribution in [0.1, 0.15) is 34.8 Å². The van der Waals surface area contributed by atoms with Crippen LogP contribution in [-0.4, -0.2) is 41.8 Å². The number of carbonyl (C=O) groups excluding carboxylic acids is 1. The second-order valence-electron chi connectivity index (χ2n) is 7.18. The molecule has 0 spiro atoms. The van der Waals surface area contributed by atoms with Gasteiger partial charge in [-0.15, -0.1) is 10.2 Å². The van der Waals surface area contributed by atoms with Crippen LogP contribution in [0.2, 0.25) is 0 Å². The summed E-state index contributed by atoms with van der Waals surface area (Å²) in [5, 5.41) is 7.70. The molecule has 2 heterocycles. The molecule has 1 atom stereocenters. The summed E-state index contributed by atoms with van der Waals surface area (Å²) < 4.78 is 39.6. The maximum absolute atomic E-state index is 15.0. The Hall–Kier alpha value is -3.55. The molecule has 1 aliphatic heterocycles. The van der Waals surface area contributed by atoms with E-state index < -0.39 is 5.82 Å². The molecule has 0 N–H and O–H groups in total. The Kier molecular flexibility index (Phi) is 5.79. The zero-order valence-corrected chi connectivity index (χ0v) is 17.1. The predicted octanol–water partition coefficient (Wildman–Crippen LogP) is 4.42. The quantitative estimate of drug-likeness (QED) is 0.606. The number of hydrogen-bond donors (Lipinski definition) is 0. The summed E-state index contributed by atoms with van der Waals surface area (Å²) in [6, 6.07) is 11.8. The highest BCUT2D eigenvalue weighted by Crippen LogP contribution is 2.36. The number of likely N-dealkylation sites (tertiary alicyclic amines) is 1. The van der Waals surface area contributed by atoms with Gasteiger partial charge in [0.1, 0.15) is 11.6 Å². The number of carbonyl (C=O) groups is 1. The summed E-state index contributed by atoms with van der Waals surface area (Å²) >= 11 is 0. The number of aromatic nitrogens is 2. The van der Waals surface area contributed by atoms with E-state index in [0.717, 1.165) is 6.42 Å². The van der Waals surface area contributed by atoms with Crippen molar-refractivity contribution >= 4 is 5.91 Å². The van der Waals surface area contributed by atoms with Crippen molar-refractivity contribution in [2.75, 3.05) is 20.8 Å². The third-order valence-electron chi connectivity index (χ3n) is 5.42. The smallest absolute Gasteiger partial charge is 0.254 e. The molecule has 1 amide bonds. The molecule has 160 valence electrons. The Balaban J connectivity index is 1.65. The fourth-order valence-electron chi connectivity index (χ4n) is 3.92. The van der Waals surface area contributed by atoms with E-state index in [4.69, 9.17) is 9.47 Å². The van der Waals surface area contributed by atoms with Crippen LogP contribution >= 0.6 is 0 Å². The van der Waals surface area contributed by atoms with Crippen molar-refractivity contribution in [3.63, 3.8) is 0 Å². The first-order valence-electron chi connectivity index (χ1n) is 9.84. The van der Waals surface area contributed by atoms with Crippen molar-refractivity contribution < 1.29 is 23.0 Å². The van der Waals surface area contributed by atoms with Gasteiger partial charge in [0.05, 0.1) is 25.8 Å². The van der Waals surface area contributed by atoms with Gasteiger partial charge in [0.2, 0.25) is 11.8 Å². The van der Waals surface area contributed by atoms with Gasteiger partial charge in [-0.05, 0) is 31.0 Å². The number of rotatable bonds is 5. The minimum atomic E-state index is -0.610.